The highest BCUT2D eigenvalue weighted by Crippen LogP contribution is 2.31. The average molecular weight is 407 g/mol. The predicted molar refractivity (Wildman–Crippen MR) is 107 cm³/mol. The molecule has 2 aromatic rings. The molecule has 3 rings (SSSR count). The second-order valence-electron chi connectivity index (χ2n) is 6.07. The van der Waals surface area contributed by atoms with Crippen molar-refractivity contribution in [2.45, 2.75) is 22.6 Å². The van der Waals surface area contributed by atoms with Crippen molar-refractivity contribution in [3.8, 4) is 5.75 Å². The average Bonchev–Trinajstić information content (AvgIpc) is 3.11. The van der Waals surface area contributed by atoms with Gasteiger partial charge in [0.1, 0.15) is 5.75 Å². The van der Waals surface area contributed by atoms with E-state index in [-0.39, 0.29) is 10.8 Å². The number of thioether (sulfide) groups is 1. The number of hydrogen-bond donors (Lipinski definition) is 1. The van der Waals surface area contributed by atoms with Crippen LogP contribution in [0.5, 0.6) is 5.75 Å². The third-order valence-electron chi connectivity index (χ3n) is 4.47. The summed E-state index contributed by atoms with van der Waals surface area (Å²) in [7, 11) is -0.455. The molecular formula is C19H22N2O4S2. The molecule has 0 saturated heterocycles. The van der Waals surface area contributed by atoms with E-state index in [0.717, 1.165) is 21.9 Å². The Hall–Kier alpha value is -2.03. The molecule has 1 amide bonds. The molecule has 0 bridgehead atoms. The molecule has 2 aromatic carbocycles. The maximum atomic E-state index is 12.6. The summed E-state index contributed by atoms with van der Waals surface area (Å²) >= 11 is 1.63. The molecule has 1 aliphatic heterocycles. The lowest BCUT2D eigenvalue weighted by Gasteiger charge is -2.17. The van der Waals surface area contributed by atoms with Gasteiger partial charge in [0.05, 0.1) is 12.0 Å². The summed E-state index contributed by atoms with van der Waals surface area (Å²) in [6.45, 7) is 0.588. The maximum absolute atomic E-state index is 12.6. The van der Waals surface area contributed by atoms with Gasteiger partial charge in [-0.25, -0.2) is 13.1 Å². The Labute approximate surface area is 164 Å². The van der Waals surface area contributed by atoms with Gasteiger partial charge in [-0.1, -0.05) is 0 Å². The van der Waals surface area contributed by atoms with Crippen molar-refractivity contribution in [2.75, 3.05) is 31.4 Å². The van der Waals surface area contributed by atoms with E-state index in [4.69, 9.17) is 4.74 Å². The first-order valence-electron chi connectivity index (χ1n) is 8.58. The minimum atomic E-state index is -3.47. The standard InChI is InChI=1S/C19H22N2O4S2/c1-20-27(23,24)17-7-8-18-14(13-17)9-11-21(18)19(22)10-12-26-16-5-3-15(25-2)4-6-16/h3-8,13,20H,9-12H2,1-2H3. The van der Waals surface area contributed by atoms with Gasteiger partial charge >= 0.3 is 0 Å². The summed E-state index contributed by atoms with van der Waals surface area (Å²) in [5.41, 5.74) is 1.70. The van der Waals surface area contributed by atoms with Crippen molar-refractivity contribution in [2.24, 2.45) is 0 Å². The summed E-state index contributed by atoms with van der Waals surface area (Å²) in [6, 6.07) is 12.7. The Kier molecular flexibility index (Phi) is 6.08. The van der Waals surface area contributed by atoms with Crippen LogP contribution in [0.15, 0.2) is 52.3 Å². The van der Waals surface area contributed by atoms with E-state index in [0.29, 0.717) is 25.1 Å². The van der Waals surface area contributed by atoms with Crippen molar-refractivity contribution < 1.29 is 17.9 Å². The van der Waals surface area contributed by atoms with Crippen molar-refractivity contribution in [3.63, 3.8) is 0 Å². The minimum Gasteiger partial charge on any atom is -0.497 e. The molecule has 0 fully saturated rings. The van der Waals surface area contributed by atoms with E-state index in [1.165, 1.54) is 7.05 Å². The molecule has 0 spiro atoms. The van der Waals surface area contributed by atoms with Crippen LogP contribution in [0.3, 0.4) is 0 Å². The number of anilines is 1. The summed E-state index contributed by atoms with van der Waals surface area (Å²) in [5.74, 6) is 1.55. The van der Waals surface area contributed by atoms with Gasteiger partial charge in [-0.05, 0) is 61.5 Å². The lowest BCUT2D eigenvalue weighted by Crippen LogP contribution is -2.29. The summed E-state index contributed by atoms with van der Waals surface area (Å²) in [4.78, 5) is 15.7. The van der Waals surface area contributed by atoms with E-state index in [9.17, 15) is 13.2 Å². The van der Waals surface area contributed by atoms with Gasteiger partial charge in [0.15, 0.2) is 0 Å². The van der Waals surface area contributed by atoms with Crippen LogP contribution in [-0.4, -0.2) is 40.8 Å². The normalized spacial score (nSPS) is 13.5. The number of rotatable bonds is 7. The number of benzene rings is 2. The van der Waals surface area contributed by atoms with Crippen molar-refractivity contribution in [1.82, 2.24) is 4.72 Å². The molecule has 8 heteroatoms. The second kappa shape index (κ2) is 8.33. The van der Waals surface area contributed by atoms with Gasteiger partial charge in [-0.2, -0.15) is 0 Å². The van der Waals surface area contributed by atoms with Crippen LogP contribution in [0, 0.1) is 0 Å². The number of methoxy groups -OCH3 is 1. The Morgan fingerprint density at radius 3 is 2.63 bits per heavy atom. The zero-order valence-electron chi connectivity index (χ0n) is 15.3. The van der Waals surface area contributed by atoms with Crippen LogP contribution >= 0.6 is 11.8 Å². The fraction of sp³-hybridized carbons (Fsp3) is 0.316. The number of amides is 1. The topological polar surface area (TPSA) is 75.7 Å². The maximum Gasteiger partial charge on any atom is 0.240 e. The highest BCUT2D eigenvalue weighted by molar-refractivity contribution is 7.99. The Bertz CT molecular complexity index is 927. The number of nitrogens with one attached hydrogen (secondary N) is 1. The first kappa shape index (κ1) is 19.7. The molecule has 0 unspecified atom stereocenters. The highest BCUT2D eigenvalue weighted by Gasteiger charge is 2.26. The molecule has 0 aromatic heterocycles. The van der Waals surface area contributed by atoms with E-state index in [1.54, 1.807) is 42.0 Å². The number of hydrogen-bond acceptors (Lipinski definition) is 5. The van der Waals surface area contributed by atoms with Gasteiger partial charge in [0.25, 0.3) is 0 Å². The third kappa shape index (κ3) is 4.45. The molecule has 0 atom stereocenters. The van der Waals surface area contributed by atoms with Crippen LogP contribution in [0.25, 0.3) is 0 Å². The largest absolute Gasteiger partial charge is 0.497 e. The van der Waals surface area contributed by atoms with Crippen LogP contribution in [0.4, 0.5) is 5.69 Å². The molecular weight excluding hydrogens is 384 g/mol. The number of fused-ring (bicyclic) bond motifs is 1. The van der Waals surface area contributed by atoms with Crippen molar-refractivity contribution in [3.05, 3.63) is 48.0 Å². The first-order chi connectivity index (χ1) is 12.9. The molecule has 0 radical (unpaired) electrons. The molecule has 1 aliphatic rings. The number of carbonyl (C=O) groups is 1. The first-order valence-corrected chi connectivity index (χ1v) is 11.0. The van der Waals surface area contributed by atoms with E-state index in [2.05, 4.69) is 4.72 Å². The minimum absolute atomic E-state index is 0.0546. The lowest BCUT2D eigenvalue weighted by molar-refractivity contribution is -0.118. The predicted octanol–water partition coefficient (Wildman–Crippen LogP) is 2.67. The molecule has 0 aliphatic carbocycles. The van der Waals surface area contributed by atoms with E-state index in [1.807, 2.05) is 24.3 Å². The van der Waals surface area contributed by atoms with Gasteiger partial charge in [0.2, 0.25) is 15.9 Å². The number of sulfonamides is 1. The van der Waals surface area contributed by atoms with Crippen LogP contribution in [0.1, 0.15) is 12.0 Å². The molecule has 1 heterocycles. The molecule has 6 nitrogen and oxygen atoms in total. The zero-order valence-corrected chi connectivity index (χ0v) is 16.9. The van der Waals surface area contributed by atoms with Crippen LogP contribution in [-0.2, 0) is 21.2 Å². The summed E-state index contributed by atoms with van der Waals surface area (Å²) in [5, 5.41) is 0. The van der Waals surface area contributed by atoms with Crippen LogP contribution in [0.2, 0.25) is 0 Å². The van der Waals surface area contributed by atoms with Crippen molar-refractivity contribution in [1.29, 1.82) is 0 Å². The number of nitrogens with zero attached hydrogens (tertiary/aromatic N) is 1. The molecule has 1 N–H and O–H groups in total. The summed E-state index contributed by atoms with van der Waals surface area (Å²) < 4.78 is 31.3. The number of ether oxygens (including phenoxy) is 1. The Morgan fingerprint density at radius 1 is 1.22 bits per heavy atom. The second-order valence-corrected chi connectivity index (χ2v) is 9.12. The Morgan fingerprint density at radius 2 is 1.96 bits per heavy atom. The Balaban J connectivity index is 1.60. The SMILES string of the molecule is CNS(=O)(=O)c1ccc2c(c1)CCN2C(=O)CCSc1ccc(OC)cc1. The van der Waals surface area contributed by atoms with E-state index >= 15 is 0 Å². The fourth-order valence-corrected chi connectivity index (χ4v) is 4.61. The molecule has 0 saturated carbocycles. The molecule has 144 valence electrons. The van der Waals surface area contributed by atoms with Crippen molar-refractivity contribution >= 4 is 33.4 Å². The van der Waals surface area contributed by atoms with Gasteiger partial charge in [0, 0.05) is 29.3 Å². The third-order valence-corrected chi connectivity index (χ3v) is 6.90. The lowest BCUT2D eigenvalue weighted by atomic mass is 10.2. The quantitative estimate of drug-likeness (QED) is 0.716. The van der Waals surface area contributed by atoms with E-state index < -0.39 is 10.0 Å². The van der Waals surface area contributed by atoms with Gasteiger partial charge in [-0.15, -0.1) is 11.8 Å². The highest BCUT2D eigenvalue weighted by atomic mass is 32.2. The number of carbonyl (C=O) groups excluding carboxylic acids is 1. The zero-order chi connectivity index (χ0) is 19.4. The fourth-order valence-electron chi connectivity index (χ4n) is 2.99. The van der Waals surface area contributed by atoms with Gasteiger partial charge < -0.3 is 9.64 Å². The van der Waals surface area contributed by atoms with Crippen LogP contribution < -0.4 is 14.4 Å². The van der Waals surface area contributed by atoms with Gasteiger partial charge in [-0.3, -0.25) is 4.79 Å². The smallest absolute Gasteiger partial charge is 0.240 e. The summed E-state index contributed by atoms with van der Waals surface area (Å²) in [6.07, 6.45) is 1.09. The monoisotopic (exact) mass is 406 g/mol. The molecule has 27 heavy (non-hydrogen) atoms.